The molecule has 0 amide bonds. The molecular weight excluding hydrogens is 212 g/mol. The van der Waals surface area contributed by atoms with Crippen molar-refractivity contribution in [1.29, 1.82) is 0 Å². The van der Waals surface area contributed by atoms with Gasteiger partial charge in [0.25, 0.3) is 0 Å². The average molecular weight is 224 g/mol. The van der Waals surface area contributed by atoms with Crippen molar-refractivity contribution in [3.8, 4) is 0 Å². The Balaban J connectivity index is 2.94. The number of aliphatic hydroxyl groups excluding tert-OH is 1. The van der Waals surface area contributed by atoms with Gasteiger partial charge in [0, 0.05) is 0 Å². The van der Waals surface area contributed by atoms with Crippen LogP contribution in [0.25, 0.3) is 0 Å². The Morgan fingerprint density at radius 3 is 2.25 bits per heavy atom. The number of benzene rings is 1. The van der Waals surface area contributed by atoms with Crippen molar-refractivity contribution in [1.82, 2.24) is 0 Å². The largest absolute Gasteiger partial charge is 0.465 e. The molecule has 0 saturated carbocycles. The van der Waals surface area contributed by atoms with Crippen LogP contribution in [-0.4, -0.2) is 37.4 Å². The normalized spacial score (nSPS) is 9.62. The van der Waals surface area contributed by atoms with Crippen LogP contribution < -0.4 is 0 Å². The van der Waals surface area contributed by atoms with Gasteiger partial charge in [0.15, 0.2) is 0 Å². The van der Waals surface area contributed by atoms with E-state index in [0.29, 0.717) is 0 Å². The average Bonchev–Trinajstić information content (AvgIpc) is 2.35. The fraction of sp³-hybridized carbons (Fsp3) is 0.273. The second kappa shape index (κ2) is 5.87. The number of hydrogen-bond donors (Lipinski definition) is 1. The highest BCUT2D eigenvalue weighted by atomic mass is 16.5. The molecule has 0 aliphatic carbocycles. The first-order valence-electron chi connectivity index (χ1n) is 4.66. The number of aliphatic hydroxyl groups is 1. The topological polar surface area (TPSA) is 72.8 Å². The molecule has 5 nitrogen and oxygen atoms in total. The molecule has 0 aromatic heterocycles. The molecule has 5 heteroatoms. The van der Waals surface area contributed by atoms with Gasteiger partial charge in [0.2, 0.25) is 0 Å². The Labute approximate surface area is 92.6 Å². The number of carbonyl (C=O) groups excluding carboxylic acids is 2. The van der Waals surface area contributed by atoms with Gasteiger partial charge in [-0.15, -0.1) is 0 Å². The number of hydrogen-bond acceptors (Lipinski definition) is 5. The molecule has 1 aromatic rings. The summed E-state index contributed by atoms with van der Waals surface area (Å²) >= 11 is 0. The molecule has 0 aliphatic heterocycles. The first-order chi connectivity index (χ1) is 7.70. The second-order valence-electron chi connectivity index (χ2n) is 2.90. The summed E-state index contributed by atoms with van der Waals surface area (Å²) in [7, 11) is 1.23. The fourth-order valence-corrected chi connectivity index (χ4v) is 1.17. The zero-order chi connectivity index (χ0) is 12.0. The van der Waals surface area contributed by atoms with E-state index in [1.54, 1.807) is 12.1 Å². The lowest BCUT2D eigenvalue weighted by molar-refractivity contribution is 0.0422. The maximum Gasteiger partial charge on any atom is 0.339 e. The predicted octanol–water partition coefficient (Wildman–Crippen LogP) is 0.622. The van der Waals surface area contributed by atoms with Crippen LogP contribution >= 0.6 is 0 Å². The summed E-state index contributed by atoms with van der Waals surface area (Å²) in [6.45, 7) is -0.361. The summed E-state index contributed by atoms with van der Waals surface area (Å²) in [6, 6.07) is 6.17. The quantitative estimate of drug-likeness (QED) is 0.759. The van der Waals surface area contributed by atoms with E-state index in [2.05, 4.69) is 4.74 Å². The van der Waals surface area contributed by atoms with E-state index in [1.165, 1.54) is 19.2 Å². The molecule has 1 N–H and O–H groups in total. The summed E-state index contributed by atoms with van der Waals surface area (Å²) in [5, 5.41) is 8.52. The predicted molar refractivity (Wildman–Crippen MR) is 55.1 cm³/mol. The lowest BCUT2D eigenvalue weighted by atomic mass is 10.1. The van der Waals surface area contributed by atoms with E-state index in [-0.39, 0.29) is 24.3 Å². The highest BCUT2D eigenvalue weighted by Gasteiger charge is 2.17. The van der Waals surface area contributed by atoms with Crippen molar-refractivity contribution < 1.29 is 24.2 Å². The molecule has 0 radical (unpaired) electrons. The van der Waals surface area contributed by atoms with Crippen molar-refractivity contribution in [3.05, 3.63) is 35.4 Å². The van der Waals surface area contributed by atoms with Gasteiger partial charge in [-0.2, -0.15) is 0 Å². The Hall–Kier alpha value is -1.88. The molecule has 0 saturated heterocycles. The standard InChI is InChI=1S/C11H12O5/c1-15-10(13)8-4-2-3-5-9(8)11(14)16-7-6-12/h2-5,12H,6-7H2,1H3. The molecule has 0 spiro atoms. The number of esters is 2. The first kappa shape index (κ1) is 12.2. The van der Waals surface area contributed by atoms with E-state index < -0.39 is 11.9 Å². The molecule has 0 bridgehead atoms. The third-order valence-corrected chi connectivity index (χ3v) is 1.88. The van der Waals surface area contributed by atoms with Gasteiger partial charge >= 0.3 is 11.9 Å². The van der Waals surface area contributed by atoms with E-state index in [9.17, 15) is 9.59 Å². The molecule has 0 heterocycles. The minimum atomic E-state index is -0.657. The minimum absolute atomic E-state index is 0.103. The van der Waals surface area contributed by atoms with Gasteiger partial charge in [-0.05, 0) is 12.1 Å². The summed E-state index contributed by atoms with van der Waals surface area (Å²) in [5.41, 5.74) is 0.274. The summed E-state index contributed by atoms with van der Waals surface area (Å²) in [6.07, 6.45) is 0. The van der Waals surface area contributed by atoms with Gasteiger partial charge in [-0.3, -0.25) is 0 Å². The molecule has 0 fully saturated rings. The molecular formula is C11H12O5. The highest BCUT2D eigenvalue weighted by molar-refractivity contribution is 6.03. The van der Waals surface area contributed by atoms with E-state index in [4.69, 9.17) is 9.84 Å². The van der Waals surface area contributed by atoms with Crippen LogP contribution in [0.1, 0.15) is 20.7 Å². The van der Waals surface area contributed by atoms with Gasteiger partial charge in [0.1, 0.15) is 6.61 Å². The molecule has 16 heavy (non-hydrogen) atoms. The van der Waals surface area contributed by atoms with Crippen molar-refractivity contribution in [2.75, 3.05) is 20.3 Å². The summed E-state index contributed by atoms with van der Waals surface area (Å²) in [4.78, 5) is 22.8. The van der Waals surface area contributed by atoms with Crippen LogP contribution in [0.2, 0.25) is 0 Å². The van der Waals surface area contributed by atoms with E-state index in [1.807, 2.05) is 0 Å². The van der Waals surface area contributed by atoms with E-state index in [0.717, 1.165) is 0 Å². The third kappa shape index (κ3) is 2.80. The lowest BCUT2D eigenvalue weighted by Gasteiger charge is -2.06. The molecule has 0 unspecified atom stereocenters. The number of carbonyl (C=O) groups is 2. The Bertz CT molecular complexity index is 386. The summed E-state index contributed by atoms with van der Waals surface area (Å²) < 4.78 is 9.25. The van der Waals surface area contributed by atoms with E-state index >= 15 is 0 Å². The lowest BCUT2D eigenvalue weighted by Crippen LogP contribution is -2.14. The highest BCUT2D eigenvalue weighted by Crippen LogP contribution is 2.11. The minimum Gasteiger partial charge on any atom is -0.465 e. The van der Waals surface area contributed by atoms with Gasteiger partial charge in [-0.25, -0.2) is 9.59 Å². The monoisotopic (exact) mass is 224 g/mol. The first-order valence-corrected chi connectivity index (χ1v) is 4.66. The van der Waals surface area contributed by atoms with Crippen LogP contribution in [0.3, 0.4) is 0 Å². The smallest absolute Gasteiger partial charge is 0.339 e. The second-order valence-corrected chi connectivity index (χ2v) is 2.90. The van der Waals surface area contributed by atoms with Crippen molar-refractivity contribution in [3.63, 3.8) is 0 Å². The van der Waals surface area contributed by atoms with Crippen LogP contribution in [-0.2, 0) is 9.47 Å². The van der Waals surface area contributed by atoms with Crippen LogP contribution in [0.4, 0.5) is 0 Å². The molecule has 1 aromatic carbocycles. The van der Waals surface area contributed by atoms with Crippen molar-refractivity contribution >= 4 is 11.9 Å². The maximum atomic E-state index is 11.5. The molecule has 86 valence electrons. The Morgan fingerprint density at radius 1 is 1.19 bits per heavy atom. The SMILES string of the molecule is COC(=O)c1ccccc1C(=O)OCCO. The number of ether oxygens (including phenoxy) is 2. The number of rotatable bonds is 4. The molecule has 0 atom stereocenters. The van der Waals surface area contributed by atoms with Crippen molar-refractivity contribution in [2.45, 2.75) is 0 Å². The molecule has 1 rings (SSSR count). The Morgan fingerprint density at radius 2 is 1.75 bits per heavy atom. The fourth-order valence-electron chi connectivity index (χ4n) is 1.17. The zero-order valence-corrected chi connectivity index (χ0v) is 8.80. The third-order valence-electron chi connectivity index (χ3n) is 1.88. The van der Waals surface area contributed by atoms with Crippen molar-refractivity contribution in [2.24, 2.45) is 0 Å². The van der Waals surface area contributed by atoms with Crippen LogP contribution in [0.15, 0.2) is 24.3 Å². The maximum absolute atomic E-state index is 11.5. The van der Waals surface area contributed by atoms with Gasteiger partial charge in [-0.1, -0.05) is 12.1 Å². The van der Waals surface area contributed by atoms with Crippen LogP contribution in [0, 0.1) is 0 Å². The van der Waals surface area contributed by atoms with Gasteiger partial charge in [0.05, 0.1) is 24.8 Å². The summed E-state index contributed by atoms with van der Waals surface area (Å²) in [5.74, 6) is -1.26. The Kier molecular flexibility index (Phi) is 4.47. The van der Waals surface area contributed by atoms with Gasteiger partial charge < -0.3 is 14.6 Å². The zero-order valence-electron chi connectivity index (χ0n) is 8.80. The molecule has 0 aliphatic rings. The van der Waals surface area contributed by atoms with Crippen LogP contribution in [0.5, 0.6) is 0 Å². The number of methoxy groups -OCH3 is 1.